The second-order valence-electron chi connectivity index (χ2n) is 1.98. The smallest absolute Gasteiger partial charge is 0.343 e. The Bertz CT molecular complexity index is 153. The van der Waals surface area contributed by atoms with E-state index in [2.05, 4.69) is 9.47 Å². The molecule has 0 amide bonds. The second kappa shape index (κ2) is 4.85. The van der Waals surface area contributed by atoms with Crippen molar-refractivity contribution in [3.05, 3.63) is 0 Å². The van der Waals surface area contributed by atoms with Crippen LogP contribution in [0.4, 0.5) is 0 Å². The summed E-state index contributed by atoms with van der Waals surface area (Å²) in [6.07, 6.45) is -1.06. The largest absolute Gasteiger partial charge is 0.464 e. The Morgan fingerprint density at radius 3 is 2.27 bits per heavy atom. The molecule has 11 heavy (non-hydrogen) atoms. The van der Waals surface area contributed by atoms with Crippen LogP contribution >= 0.6 is 0 Å². The Labute approximate surface area is 65.5 Å². The minimum absolute atomic E-state index is 0.256. The highest BCUT2D eigenvalue weighted by Gasteiger charge is 2.23. The average molecular weight is 160 g/mol. The molecule has 0 aliphatic rings. The van der Waals surface area contributed by atoms with Crippen molar-refractivity contribution in [1.29, 1.82) is 0 Å². The molecule has 0 heterocycles. The van der Waals surface area contributed by atoms with Crippen LogP contribution in [-0.4, -0.2) is 31.6 Å². The van der Waals surface area contributed by atoms with Crippen LogP contribution in [0.15, 0.2) is 0 Å². The Kier molecular flexibility index (Phi) is 4.45. The van der Waals surface area contributed by atoms with E-state index in [1.54, 1.807) is 6.92 Å². The van der Waals surface area contributed by atoms with E-state index in [9.17, 15) is 9.59 Å². The lowest BCUT2D eigenvalue weighted by Crippen LogP contribution is -2.31. The van der Waals surface area contributed by atoms with E-state index < -0.39 is 12.1 Å². The maximum atomic E-state index is 10.8. The first-order valence-electron chi connectivity index (χ1n) is 3.33. The molecule has 0 saturated heterocycles. The van der Waals surface area contributed by atoms with E-state index in [0.29, 0.717) is 0 Å². The maximum absolute atomic E-state index is 10.8. The highest BCUT2D eigenvalue weighted by Crippen LogP contribution is 1.95. The molecule has 0 aliphatic carbocycles. The molecule has 0 N–H and O–H groups in total. The molecule has 4 nitrogen and oxygen atoms in total. The van der Waals surface area contributed by atoms with Crippen molar-refractivity contribution in [3.63, 3.8) is 0 Å². The Morgan fingerprint density at radius 2 is 2.00 bits per heavy atom. The quantitative estimate of drug-likeness (QED) is 0.434. The lowest BCUT2D eigenvalue weighted by molar-refractivity contribution is -0.158. The highest BCUT2D eigenvalue weighted by atomic mass is 16.6. The molecule has 0 radical (unpaired) electrons. The zero-order valence-electron chi connectivity index (χ0n) is 6.92. The van der Waals surface area contributed by atoms with Gasteiger partial charge in [0.15, 0.2) is 5.78 Å². The van der Waals surface area contributed by atoms with Crippen molar-refractivity contribution in [2.45, 2.75) is 20.0 Å². The number of ether oxygens (including phenoxy) is 2. The molecule has 0 spiro atoms. The fraction of sp³-hybridized carbons (Fsp3) is 0.714. The molecule has 64 valence electrons. The summed E-state index contributed by atoms with van der Waals surface area (Å²) in [7, 11) is 1.29. The lowest BCUT2D eigenvalue weighted by atomic mass is 10.2. The highest BCUT2D eigenvalue weighted by molar-refractivity contribution is 6.00. The average Bonchev–Trinajstić information content (AvgIpc) is 1.88. The van der Waals surface area contributed by atoms with Gasteiger partial charge in [-0.2, -0.15) is 0 Å². The van der Waals surface area contributed by atoms with Crippen LogP contribution < -0.4 is 0 Å². The van der Waals surface area contributed by atoms with Crippen molar-refractivity contribution >= 4 is 11.8 Å². The molecule has 0 bridgehead atoms. The number of esters is 1. The predicted octanol–water partition coefficient (Wildman–Crippen LogP) is 0.153. The molecular weight excluding hydrogens is 148 g/mol. The molecule has 0 saturated carbocycles. The van der Waals surface area contributed by atoms with Gasteiger partial charge in [0, 0.05) is 7.11 Å². The number of ketones is 1. The third-order valence-electron chi connectivity index (χ3n) is 1.11. The van der Waals surface area contributed by atoms with Gasteiger partial charge in [-0.05, 0) is 13.8 Å². The van der Waals surface area contributed by atoms with Crippen LogP contribution in [-0.2, 0) is 19.1 Å². The molecule has 1 unspecified atom stereocenters. The Morgan fingerprint density at radius 1 is 1.45 bits per heavy atom. The number of hydrogen-bond acceptors (Lipinski definition) is 4. The van der Waals surface area contributed by atoms with Crippen LogP contribution in [0.2, 0.25) is 0 Å². The van der Waals surface area contributed by atoms with E-state index >= 15 is 0 Å². The number of hydrogen-bond donors (Lipinski definition) is 0. The van der Waals surface area contributed by atoms with Gasteiger partial charge in [0.2, 0.25) is 6.10 Å². The van der Waals surface area contributed by atoms with Gasteiger partial charge in [0.25, 0.3) is 0 Å². The molecule has 0 aromatic carbocycles. The minimum Gasteiger partial charge on any atom is -0.464 e. The maximum Gasteiger partial charge on any atom is 0.343 e. The molecular formula is C7H12O4. The number of rotatable bonds is 4. The van der Waals surface area contributed by atoms with E-state index in [0.717, 1.165) is 0 Å². The second-order valence-corrected chi connectivity index (χ2v) is 1.98. The van der Waals surface area contributed by atoms with Gasteiger partial charge >= 0.3 is 5.97 Å². The fourth-order valence-electron chi connectivity index (χ4n) is 0.646. The summed E-state index contributed by atoms with van der Waals surface area (Å²) in [6, 6.07) is 0. The van der Waals surface area contributed by atoms with Crippen molar-refractivity contribution in [2.24, 2.45) is 0 Å². The number of carbonyl (C=O) groups is 2. The summed E-state index contributed by atoms with van der Waals surface area (Å²) < 4.78 is 9.17. The third-order valence-corrected chi connectivity index (χ3v) is 1.11. The van der Waals surface area contributed by atoms with Crippen LogP contribution in [0.3, 0.4) is 0 Å². The predicted molar refractivity (Wildman–Crippen MR) is 38.1 cm³/mol. The molecule has 0 rings (SSSR count). The van der Waals surface area contributed by atoms with Gasteiger partial charge in [0.05, 0.1) is 6.61 Å². The van der Waals surface area contributed by atoms with Gasteiger partial charge in [-0.3, -0.25) is 4.79 Å². The van der Waals surface area contributed by atoms with Crippen LogP contribution in [0.1, 0.15) is 13.8 Å². The summed E-state index contributed by atoms with van der Waals surface area (Å²) in [5.74, 6) is -0.964. The van der Waals surface area contributed by atoms with Gasteiger partial charge in [-0.1, -0.05) is 0 Å². The van der Waals surface area contributed by atoms with E-state index in [1.165, 1.54) is 14.0 Å². The number of Topliss-reactive ketones (excluding diaryl/α,β-unsaturated/α-hetero) is 1. The zero-order valence-corrected chi connectivity index (χ0v) is 6.92. The van der Waals surface area contributed by atoms with Crippen LogP contribution in [0, 0.1) is 0 Å². The molecule has 0 aliphatic heterocycles. The molecule has 0 aromatic rings. The number of methoxy groups -OCH3 is 1. The summed E-state index contributed by atoms with van der Waals surface area (Å²) in [5, 5.41) is 0. The van der Waals surface area contributed by atoms with Crippen molar-refractivity contribution in [1.82, 2.24) is 0 Å². The monoisotopic (exact) mass is 160 g/mol. The van der Waals surface area contributed by atoms with E-state index in [-0.39, 0.29) is 12.4 Å². The first-order valence-corrected chi connectivity index (χ1v) is 3.33. The van der Waals surface area contributed by atoms with E-state index in [1.807, 2.05) is 0 Å². The van der Waals surface area contributed by atoms with Gasteiger partial charge in [-0.15, -0.1) is 0 Å². The van der Waals surface area contributed by atoms with Gasteiger partial charge in [-0.25, -0.2) is 4.79 Å². The standard InChI is InChI=1S/C7H12O4/c1-4-11-7(9)6(10-3)5(2)8/h6H,4H2,1-3H3. The summed E-state index contributed by atoms with van der Waals surface area (Å²) >= 11 is 0. The Balaban J connectivity index is 4.03. The van der Waals surface area contributed by atoms with E-state index in [4.69, 9.17) is 0 Å². The molecule has 0 aromatic heterocycles. The summed E-state index contributed by atoms with van der Waals surface area (Å²) in [6.45, 7) is 3.21. The number of carbonyl (C=O) groups excluding carboxylic acids is 2. The summed E-state index contributed by atoms with van der Waals surface area (Å²) in [5.41, 5.74) is 0. The van der Waals surface area contributed by atoms with Crippen LogP contribution in [0.5, 0.6) is 0 Å². The fourth-order valence-corrected chi connectivity index (χ4v) is 0.646. The third kappa shape index (κ3) is 3.13. The van der Waals surface area contributed by atoms with Gasteiger partial charge < -0.3 is 9.47 Å². The lowest BCUT2D eigenvalue weighted by Gasteiger charge is -2.09. The SMILES string of the molecule is CCOC(=O)C(OC)C(C)=O. The molecule has 4 heteroatoms. The first kappa shape index (κ1) is 10.1. The zero-order chi connectivity index (χ0) is 8.85. The summed E-state index contributed by atoms with van der Waals surface area (Å²) in [4.78, 5) is 21.5. The topological polar surface area (TPSA) is 52.6 Å². The normalized spacial score (nSPS) is 12.3. The van der Waals surface area contributed by atoms with Crippen molar-refractivity contribution in [3.8, 4) is 0 Å². The van der Waals surface area contributed by atoms with Crippen molar-refractivity contribution in [2.75, 3.05) is 13.7 Å². The van der Waals surface area contributed by atoms with Gasteiger partial charge in [0.1, 0.15) is 0 Å². The Hall–Kier alpha value is -0.900. The first-order chi connectivity index (χ1) is 5.13. The van der Waals surface area contributed by atoms with Crippen LogP contribution in [0.25, 0.3) is 0 Å². The molecule has 1 atom stereocenters. The molecule has 0 fully saturated rings. The minimum atomic E-state index is -1.06. The van der Waals surface area contributed by atoms with Crippen molar-refractivity contribution < 1.29 is 19.1 Å².